The van der Waals surface area contributed by atoms with Crippen molar-refractivity contribution >= 4 is 11.8 Å². The molecule has 0 radical (unpaired) electrons. The molecule has 1 fully saturated rings. The van der Waals surface area contributed by atoms with Crippen LogP contribution in [0.2, 0.25) is 0 Å². The average Bonchev–Trinajstić information content (AvgIpc) is 2.55. The van der Waals surface area contributed by atoms with Gasteiger partial charge in [0.1, 0.15) is 0 Å². The van der Waals surface area contributed by atoms with E-state index in [-0.39, 0.29) is 23.8 Å². The van der Waals surface area contributed by atoms with Crippen LogP contribution in [0.3, 0.4) is 0 Å². The van der Waals surface area contributed by atoms with Gasteiger partial charge >= 0.3 is 0 Å². The maximum absolute atomic E-state index is 12.6. The molecular weight excluding hydrogens is 292 g/mol. The Balaban J connectivity index is 2.07. The van der Waals surface area contributed by atoms with Gasteiger partial charge in [-0.25, -0.2) is 0 Å². The standard InChI is InChI=1S/C18H26N2O3/c1-19(2)17(22)13-8-6-9-14(11-13)18(23)20(3)12-15-7-4-5-10-16(15)21/h6,8-9,11,15-16,21H,4-5,7,10,12H2,1-3H3. The summed E-state index contributed by atoms with van der Waals surface area (Å²) in [4.78, 5) is 27.7. The molecule has 0 aliphatic heterocycles. The van der Waals surface area contributed by atoms with Gasteiger partial charge in [-0.3, -0.25) is 9.59 Å². The van der Waals surface area contributed by atoms with Crippen LogP contribution in [0, 0.1) is 5.92 Å². The van der Waals surface area contributed by atoms with Crippen molar-refractivity contribution in [3.05, 3.63) is 35.4 Å². The first-order valence-corrected chi connectivity index (χ1v) is 8.15. The van der Waals surface area contributed by atoms with Gasteiger partial charge in [0.05, 0.1) is 6.10 Å². The third kappa shape index (κ3) is 4.32. The Labute approximate surface area is 137 Å². The fraction of sp³-hybridized carbons (Fsp3) is 0.556. The number of benzene rings is 1. The van der Waals surface area contributed by atoms with Crippen LogP contribution in [0.25, 0.3) is 0 Å². The molecule has 0 bridgehead atoms. The largest absolute Gasteiger partial charge is 0.393 e. The molecule has 5 heteroatoms. The lowest BCUT2D eigenvalue weighted by molar-refractivity contribution is 0.0451. The fourth-order valence-corrected chi connectivity index (χ4v) is 3.10. The van der Waals surface area contributed by atoms with E-state index < -0.39 is 0 Å². The van der Waals surface area contributed by atoms with E-state index in [9.17, 15) is 14.7 Å². The Morgan fingerprint density at radius 2 is 1.70 bits per heavy atom. The molecule has 2 atom stereocenters. The number of carbonyl (C=O) groups excluding carboxylic acids is 2. The smallest absolute Gasteiger partial charge is 0.253 e. The summed E-state index contributed by atoms with van der Waals surface area (Å²) in [5, 5.41) is 10.1. The van der Waals surface area contributed by atoms with E-state index in [1.54, 1.807) is 50.3 Å². The monoisotopic (exact) mass is 318 g/mol. The molecule has 0 aromatic heterocycles. The van der Waals surface area contributed by atoms with Crippen molar-refractivity contribution in [2.75, 3.05) is 27.7 Å². The van der Waals surface area contributed by atoms with Crippen LogP contribution < -0.4 is 0 Å². The molecule has 1 N–H and O–H groups in total. The molecule has 1 saturated carbocycles. The predicted octanol–water partition coefficient (Wildman–Crippen LogP) is 2.01. The highest BCUT2D eigenvalue weighted by molar-refractivity contribution is 5.99. The fourth-order valence-electron chi connectivity index (χ4n) is 3.10. The minimum atomic E-state index is -0.319. The predicted molar refractivity (Wildman–Crippen MR) is 89.4 cm³/mol. The van der Waals surface area contributed by atoms with Crippen molar-refractivity contribution in [2.24, 2.45) is 5.92 Å². The third-order valence-electron chi connectivity index (χ3n) is 4.49. The number of aliphatic hydroxyl groups excluding tert-OH is 1. The van der Waals surface area contributed by atoms with E-state index in [1.165, 1.54) is 4.90 Å². The number of rotatable bonds is 4. The second-order valence-electron chi connectivity index (χ2n) is 6.58. The number of aliphatic hydroxyl groups is 1. The lowest BCUT2D eigenvalue weighted by atomic mass is 9.86. The normalized spacial score (nSPS) is 20.9. The average molecular weight is 318 g/mol. The van der Waals surface area contributed by atoms with Crippen LogP contribution in [0.4, 0.5) is 0 Å². The van der Waals surface area contributed by atoms with Crippen molar-refractivity contribution in [3.63, 3.8) is 0 Å². The molecule has 2 unspecified atom stereocenters. The zero-order chi connectivity index (χ0) is 17.0. The summed E-state index contributed by atoms with van der Waals surface area (Å²) >= 11 is 0. The van der Waals surface area contributed by atoms with E-state index in [2.05, 4.69) is 0 Å². The lowest BCUT2D eigenvalue weighted by Crippen LogP contribution is -2.38. The van der Waals surface area contributed by atoms with Gasteiger partial charge < -0.3 is 14.9 Å². The zero-order valence-corrected chi connectivity index (χ0v) is 14.2. The van der Waals surface area contributed by atoms with Crippen molar-refractivity contribution in [1.82, 2.24) is 9.80 Å². The Hall–Kier alpha value is -1.88. The number of amides is 2. The molecular formula is C18H26N2O3. The Kier molecular flexibility index (Phi) is 5.77. The Morgan fingerprint density at radius 3 is 2.30 bits per heavy atom. The molecule has 23 heavy (non-hydrogen) atoms. The van der Waals surface area contributed by atoms with E-state index in [4.69, 9.17) is 0 Å². The molecule has 1 aliphatic rings. The van der Waals surface area contributed by atoms with Crippen LogP contribution in [0.1, 0.15) is 46.4 Å². The highest BCUT2D eigenvalue weighted by Crippen LogP contribution is 2.25. The lowest BCUT2D eigenvalue weighted by Gasteiger charge is -2.31. The van der Waals surface area contributed by atoms with Crippen LogP contribution in [-0.2, 0) is 0 Å². The number of carbonyl (C=O) groups is 2. The van der Waals surface area contributed by atoms with E-state index in [0.717, 1.165) is 25.7 Å². The van der Waals surface area contributed by atoms with Crippen molar-refractivity contribution in [3.8, 4) is 0 Å². The van der Waals surface area contributed by atoms with Crippen molar-refractivity contribution < 1.29 is 14.7 Å². The number of nitrogens with zero attached hydrogens (tertiary/aromatic N) is 2. The molecule has 1 aromatic carbocycles. The zero-order valence-electron chi connectivity index (χ0n) is 14.2. The molecule has 0 heterocycles. The molecule has 0 saturated heterocycles. The summed E-state index contributed by atoms with van der Waals surface area (Å²) in [7, 11) is 5.13. The maximum Gasteiger partial charge on any atom is 0.253 e. The molecule has 1 aromatic rings. The Bertz CT molecular complexity index is 571. The molecule has 5 nitrogen and oxygen atoms in total. The summed E-state index contributed by atoms with van der Waals surface area (Å²) in [6.45, 7) is 0.547. The molecule has 126 valence electrons. The van der Waals surface area contributed by atoms with Crippen LogP contribution >= 0.6 is 0 Å². The SMILES string of the molecule is CN(C)C(=O)c1cccc(C(=O)N(C)CC2CCCCC2O)c1. The Morgan fingerprint density at radius 1 is 1.09 bits per heavy atom. The van der Waals surface area contributed by atoms with Gasteiger partial charge in [-0.1, -0.05) is 18.9 Å². The van der Waals surface area contributed by atoms with Crippen LogP contribution in [-0.4, -0.2) is 60.5 Å². The second-order valence-corrected chi connectivity index (χ2v) is 6.58. The maximum atomic E-state index is 12.6. The summed E-state index contributed by atoms with van der Waals surface area (Å²) in [6.07, 6.45) is 3.62. The summed E-state index contributed by atoms with van der Waals surface area (Å²) in [5.41, 5.74) is 1.01. The minimum absolute atomic E-state index is 0.115. The summed E-state index contributed by atoms with van der Waals surface area (Å²) < 4.78 is 0. The van der Waals surface area contributed by atoms with Gasteiger partial charge in [-0.2, -0.15) is 0 Å². The van der Waals surface area contributed by atoms with Crippen molar-refractivity contribution in [2.45, 2.75) is 31.8 Å². The second kappa shape index (κ2) is 7.59. The first-order valence-electron chi connectivity index (χ1n) is 8.15. The molecule has 0 spiro atoms. The quantitative estimate of drug-likeness (QED) is 0.924. The van der Waals surface area contributed by atoms with Crippen LogP contribution in [0.5, 0.6) is 0 Å². The number of hydrogen-bond donors (Lipinski definition) is 1. The van der Waals surface area contributed by atoms with E-state index in [1.807, 2.05) is 0 Å². The molecule has 2 amide bonds. The van der Waals surface area contributed by atoms with E-state index in [0.29, 0.717) is 17.7 Å². The third-order valence-corrected chi connectivity index (χ3v) is 4.49. The first-order chi connectivity index (χ1) is 10.9. The van der Waals surface area contributed by atoms with Gasteiger partial charge in [-0.05, 0) is 31.0 Å². The molecule has 1 aliphatic carbocycles. The minimum Gasteiger partial charge on any atom is -0.393 e. The van der Waals surface area contributed by atoms with Gasteiger partial charge in [0.15, 0.2) is 0 Å². The first kappa shape index (κ1) is 17.5. The summed E-state index contributed by atoms with van der Waals surface area (Å²) in [6, 6.07) is 6.80. The van der Waals surface area contributed by atoms with Gasteiger partial charge in [-0.15, -0.1) is 0 Å². The van der Waals surface area contributed by atoms with Crippen LogP contribution in [0.15, 0.2) is 24.3 Å². The van der Waals surface area contributed by atoms with E-state index >= 15 is 0 Å². The van der Waals surface area contributed by atoms with Gasteiger partial charge in [0, 0.05) is 44.7 Å². The number of hydrogen-bond acceptors (Lipinski definition) is 3. The summed E-state index contributed by atoms with van der Waals surface area (Å²) in [5.74, 6) is -0.0922. The molecule has 2 rings (SSSR count). The highest BCUT2D eigenvalue weighted by atomic mass is 16.3. The van der Waals surface area contributed by atoms with Gasteiger partial charge in [0.2, 0.25) is 0 Å². The van der Waals surface area contributed by atoms with Gasteiger partial charge in [0.25, 0.3) is 11.8 Å². The highest BCUT2D eigenvalue weighted by Gasteiger charge is 2.26. The van der Waals surface area contributed by atoms with Crippen molar-refractivity contribution in [1.29, 1.82) is 0 Å². The topological polar surface area (TPSA) is 60.9 Å².